The Morgan fingerprint density at radius 1 is 0.907 bits per heavy atom. The summed E-state index contributed by atoms with van der Waals surface area (Å²) >= 11 is 6.03. The van der Waals surface area contributed by atoms with Gasteiger partial charge in [0.15, 0.2) is 5.78 Å². The molecule has 1 aromatic heterocycles. The molecule has 1 aromatic rings. The molecule has 7 rings (SSSR count). The van der Waals surface area contributed by atoms with Gasteiger partial charge in [-0.1, -0.05) is 79.5 Å². The predicted molar refractivity (Wildman–Crippen MR) is 208 cm³/mol. The van der Waals surface area contributed by atoms with Gasteiger partial charge in [-0.05, 0) is 121 Å². The van der Waals surface area contributed by atoms with Crippen LogP contribution in [0.3, 0.4) is 0 Å². The van der Waals surface area contributed by atoms with Crippen molar-refractivity contribution in [1.82, 2.24) is 10.3 Å². The van der Waals surface area contributed by atoms with Gasteiger partial charge in [-0.3, -0.25) is 24.2 Å². The lowest BCUT2D eigenvalue weighted by Crippen LogP contribution is -2.66. The summed E-state index contributed by atoms with van der Waals surface area (Å²) in [5.41, 5.74) is 1.90. The first-order valence-electron chi connectivity index (χ1n) is 20.7. The Labute approximate surface area is 327 Å². The van der Waals surface area contributed by atoms with Crippen LogP contribution in [0.5, 0.6) is 0 Å². The summed E-state index contributed by atoms with van der Waals surface area (Å²) in [6.07, 6.45) is 10.4. The average Bonchev–Trinajstić information content (AvgIpc) is 3.37. The Kier molecular flexibility index (Phi) is 9.63. The van der Waals surface area contributed by atoms with Crippen LogP contribution in [0.2, 0.25) is 5.02 Å². The predicted octanol–water partition coefficient (Wildman–Crippen LogP) is 9.38. The van der Waals surface area contributed by atoms with Crippen LogP contribution >= 0.6 is 11.6 Å². The molecule has 0 spiro atoms. The molecule has 10 atom stereocenters. The van der Waals surface area contributed by atoms with Crippen molar-refractivity contribution in [2.75, 3.05) is 0 Å². The van der Waals surface area contributed by atoms with E-state index >= 15 is 0 Å². The van der Waals surface area contributed by atoms with Crippen LogP contribution in [0.25, 0.3) is 0 Å². The fraction of sp³-hybridized carbons (Fsp3) is 0.756. The lowest BCUT2D eigenvalue weighted by Gasteiger charge is -2.72. The number of Topliss-reactive ketones (excluding diaryl/α,β-unsaturated/α-hetero) is 1. The van der Waals surface area contributed by atoms with Crippen LogP contribution < -0.4 is 5.32 Å². The van der Waals surface area contributed by atoms with Crippen molar-refractivity contribution < 1.29 is 29.0 Å². The molecule has 54 heavy (non-hydrogen) atoms. The summed E-state index contributed by atoms with van der Waals surface area (Å²) in [6, 6.07) is 3.61. The number of amides is 1. The van der Waals surface area contributed by atoms with E-state index < -0.39 is 22.7 Å². The zero-order valence-corrected chi connectivity index (χ0v) is 34.8. The third-order valence-corrected chi connectivity index (χ3v) is 17.6. The van der Waals surface area contributed by atoms with E-state index in [4.69, 9.17) is 16.3 Å². The molecule has 0 aliphatic heterocycles. The Bertz CT molecular complexity index is 1770. The maximum absolute atomic E-state index is 14.0. The van der Waals surface area contributed by atoms with E-state index in [1.807, 2.05) is 19.9 Å². The Morgan fingerprint density at radius 3 is 2.26 bits per heavy atom. The van der Waals surface area contributed by atoms with Gasteiger partial charge in [-0.15, -0.1) is 0 Å². The van der Waals surface area contributed by atoms with E-state index in [2.05, 4.69) is 58.8 Å². The molecule has 2 N–H and O–H groups in total. The Morgan fingerprint density at radius 2 is 1.63 bits per heavy atom. The standard InChI is InChI=1S/C45H63ClN2O6/c1-25(2)36-31(49)21-45(22-35(50)48-24-27-11-10-26(46)23-47-27)19-18-43(8)28(37(36)45)12-13-33-42(7)16-15-34(41(5,6)32(42)14-17-44(33,43)9)54-39(53)30-20-29(38(51)52)40(30,3)4/h10-11,23,25,28-30,32-34H,12-22,24H2,1-9H3,(H,48,50)(H,51,52)/t28-,29+,30-,32+,33-,34+,42+,43-,44-,45+/m1/s1. The van der Waals surface area contributed by atoms with Gasteiger partial charge >= 0.3 is 11.9 Å². The fourth-order valence-electron chi connectivity index (χ4n) is 14.2. The monoisotopic (exact) mass is 762 g/mol. The van der Waals surface area contributed by atoms with Crippen LogP contribution in [0.15, 0.2) is 29.5 Å². The number of pyridine rings is 1. The van der Waals surface area contributed by atoms with Gasteiger partial charge in [0, 0.05) is 29.9 Å². The molecule has 9 heteroatoms. The van der Waals surface area contributed by atoms with Gasteiger partial charge in [0.2, 0.25) is 5.91 Å². The van der Waals surface area contributed by atoms with E-state index in [1.165, 1.54) is 5.57 Å². The quantitative estimate of drug-likeness (QED) is 0.253. The number of carboxylic acid groups (broad SMARTS) is 1. The van der Waals surface area contributed by atoms with E-state index in [0.717, 1.165) is 62.6 Å². The van der Waals surface area contributed by atoms with Gasteiger partial charge in [0.25, 0.3) is 0 Å². The summed E-state index contributed by atoms with van der Waals surface area (Å²) in [5.74, 6) is -0.511. The number of ketones is 1. The molecule has 6 aliphatic carbocycles. The Hall–Kier alpha value is -2.74. The third-order valence-electron chi connectivity index (χ3n) is 17.4. The van der Waals surface area contributed by atoms with Crippen molar-refractivity contribution in [3.05, 3.63) is 40.2 Å². The average molecular weight is 763 g/mol. The molecule has 0 unspecified atom stereocenters. The normalized spacial score (nSPS) is 40.5. The summed E-state index contributed by atoms with van der Waals surface area (Å²) in [4.78, 5) is 57.5. The minimum Gasteiger partial charge on any atom is -0.481 e. The maximum Gasteiger partial charge on any atom is 0.309 e. The van der Waals surface area contributed by atoms with Crippen LogP contribution in [0, 0.1) is 68.0 Å². The van der Waals surface area contributed by atoms with Crippen molar-refractivity contribution in [2.24, 2.45) is 68.0 Å². The maximum atomic E-state index is 14.0. The molecule has 6 aliphatic rings. The number of nitrogens with zero attached hydrogens (tertiary/aromatic N) is 1. The summed E-state index contributed by atoms with van der Waals surface area (Å²) in [5, 5.41) is 13.3. The molecule has 1 amide bonds. The van der Waals surface area contributed by atoms with Gasteiger partial charge in [0.1, 0.15) is 6.10 Å². The first-order chi connectivity index (χ1) is 25.1. The van der Waals surface area contributed by atoms with Gasteiger partial charge < -0.3 is 15.2 Å². The highest BCUT2D eigenvalue weighted by Crippen LogP contribution is 2.77. The SMILES string of the molecule is CC(C)C1=C2[C@H]3CC[C@@H]4[C@@]5(C)CC[C@H](OC(=O)[C@H]6C[C@@H](C(=O)O)C6(C)C)C(C)(C)[C@@H]5CC[C@@]4(C)[C@]3(C)CC[C@@]2(CC(=O)NCc2ccc(Cl)cn2)CC1=O. The molecule has 0 saturated heterocycles. The summed E-state index contributed by atoms with van der Waals surface area (Å²) in [6.45, 7) is 20.6. The number of rotatable bonds is 8. The number of hydrogen-bond donors (Lipinski definition) is 2. The van der Waals surface area contributed by atoms with Crippen LogP contribution in [-0.2, 0) is 30.5 Å². The number of nitrogens with one attached hydrogen (secondary N) is 1. The van der Waals surface area contributed by atoms with Gasteiger partial charge in [0.05, 0.1) is 29.1 Å². The lowest BCUT2D eigenvalue weighted by atomic mass is 9.33. The number of allylic oxidation sites excluding steroid dienone is 2. The van der Waals surface area contributed by atoms with Crippen LogP contribution in [0.1, 0.15) is 139 Å². The van der Waals surface area contributed by atoms with E-state index in [1.54, 1.807) is 12.3 Å². The van der Waals surface area contributed by atoms with Crippen molar-refractivity contribution in [3.8, 4) is 0 Å². The second-order valence-corrected chi connectivity index (χ2v) is 21.1. The number of carboxylic acids is 1. The van der Waals surface area contributed by atoms with E-state index in [0.29, 0.717) is 42.7 Å². The number of carbonyl (C=O) groups excluding carboxylic acids is 3. The van der Waals surface area contributed by atoms with E-state index in [9.17, 15) is 24.3 Å². The zero-order chi connectivity index (χ0) is 39.4. The second-order valence-electron chi connectivity index (χ2n) is 20.7. The molecule has 0 radical (unpaired) electrons. The van der Waals surface area contributed by atoms with Gasteiger partial charge in [-0.2, -0.15) is 0 Å². The van der Waals surface area contributed by atoms with Crippen molar-refractivity contribution in [2.45, 2.75) is 146 Å². The molecule has 5 saturated carbocycles. The highest BCUT2D eigenvalue weighted by molar-refractivity contribution is 6.30. The highest BCUT2D eigenvalue weighted by Gasteiger charge is 2.70. The zero-order valence-electron chi connectivity index (χ0n) is 34.1. The number of aliphatic carboxylic acids is 1. The topological polar surface area (TPSA) is 123 Å². The van der Waals surface area contributed by atoms with Crippen molar-refractivity contribution in [1.29, 1.82) is 0 Å². The first kappa shape index (κ1) is 39.5. The number of halogens is 1. The molecule has 0 aromatic carbocycles. The number of hydrogen-bond acceptors (Lipinski definition) is 6. The minimum absolute atomic E-state index is 0.0128. The molecule has 1 heterocycles. The summed E-state index contributed by atoms with van der Waals surface area (Å²) in [7, 11) is 0. The van der Waals surface area contributed by atoms with Crippen LogP contribution in [-0.4, -0.2) is 39.8 Å². The number of ether oxygens (including phenoxy) is 1. The summed E-state index contributed by atoms with van der Waals surface area (Å²) < 4.78 is 6.41. The Balaban J connectivity index is 1.12. The molecule has 296 valence electrons. The minimum atomic E-state index is -0.833. The third kappa shape index (κ3) is 5.75. The number of aromatic nitrogens is 1. The number of fused-ring (bicyclic) bond motifs is 7. The van der Waals surface area contributed by atoms with Gasteiger partial charge in [-0.25, -0.2) is 0 Å². The van der Waals surface area contributed by atoms with Crippen molar-refractivity contribution >= 4 is 35.2 Å². The smallest absolute Gasteiger partial charge is 0.309 e. The number of esters is 1. The van der Waals surface area contributed by atoms with Crippen LogP contribution in [0.4, 0.5) is 0 Å². The first-order valence-corrected chi connectivity index (χ1v) is 21.1. The molecule has 8 nitrogen and oxygen atoms in total. The molecule has 5 fully saturated rings. The highest BCUT2D eigenvalue weighted by atomic mass is 35.5. The molecular weight excluding hydrogens is 700 g/mol. The largest absolute Gasteiger partial charge is 0.481 e. The van der Waals surface area contributed by atoms with Crippen molar-refractivity contribution in [3.63, 3.8) is 0 Å². The van der Waals surface area contributed by atoms with E-state index in [-0.39, 0.29) is 63.2 Å². The lowest BCUT2D eigenvalue weighted by molar-refractivity contribution is -0.236. The number of carbonyl (C=O) groups is 4. The molecule has 0 bridgehead atoms. The second kappa shape index (κ2) is 13.2. The fourth-order valence-corrected chi connectivity index (χ4v) is 14.3. The molecular formula is C45H63ClN2O6.